The average Bonchev–Trinajstić information content (AvgIpc) is 2.19. The highest BCUT2D eigenvalue weighted by Crippen LogP contribution is 2.26. The third-order valence-corrected chi connectivity index (χ3v) is 2.77. The molecule has 1 N–H and O–H groups in total. The van der Waals surface area contributed by atoms with Gasteiger partial charge >= 0.3 is 0 Å². The van der Waals surface area contributed by atoms with Gasteiger partial charge in [0, 0.05) is 5.92 Å². The van der Waals surface area contributed by atoms with Crippen molar-refractivity contribution in [2.24, 2.45) is 0 Å². The van der Waals surface area contributed by atoms with Crippen LogP contribution in [0, 0.1) is 5.82 Å². The number of halogens is 1. The summed E-state index contributed by atoms with van der Waals surface area (Å²) in [6, 6.07) is 6.54. The largest absolute Gasteiger partial charge is 0.392 e. The Morgan fingerprint density at radius 2 is 2.07 bits per heavy atom. The maximum absolute atomic E-state index is 13.0. The van der Waals surface area contributed by atoms with Gasteiger partial charge in [0.2, 0.25) is 0 Å². The Labute approximate surface area is 90.9 Å². The van der Waals surface area contributed by atoms with Crippen molar-refractivity contribution in [1.82, 2.24) is 0 Å². The molecule has 0 radical (unpaired) electrons. The number of benzene rings is 1. The van der Waals surface area contributed by atoms with Gasteiger partial charge in [0.1, 0.15) is 5.82 Å². The van der Waals surface area contributed by atoms with Gasteiger partial charge in [-0.2, -0.15) is 0 Å². The summed E-state index contributed by atoms with van der Waals surface area (Å²) < 4.78 is 13.0. The molecule has 0 aromatic heterocycles. The lowest BCUT2D eigenvalue weighted by Crippen LogP contribution is -2.17. The van der Waals surface area contributed by atoms with Crippen LogP contribution in [0.1, 0.15) is 44.6 Å². The van der Waals surface area contributed by atoms with Crippen LogP contribution in [0.3, 0.4) is 0 Å². The van der Waals surface area contributed by atoms with Gasteiger partial charge in [-0.1, -0.05) is 32.4 Å². The molecule has 1 aromatic carbocycles. The summed E-state index contributed by atoms with van der Waals surface area (Å²) in [5.41, 5.74) is 0.901. The molecule has 0 saturated heterocycles. The van der Waals surface area contributed by atoms with E-state index in [1.807, 2.05) is 19.9 Å². The molecule has 2 heteroatoms. The normalized spacial score (nSPS) is 14.9. The van der Waals surface area contributed by atoms with Crippen LogP contribution in [0.25, 0.3) is 0 Å². The van der Waals surface area contributed by atoms with Gasteiger partial charge in [-0.15, -0.1) is 0 Å². The van der Waals surface area contributed by atoms with Crippen LogP contribution in [0.2, 0.25) is 0 Å². The van der Waals surface area contributed by atoms with Crippen LogP contribution in [0.15, 0.2) is 24.3 Å². The third-order valence-electron chi connectivity index (χ3n) is 2.77. The van der Waals surface area contributed by atoms with Crippen molar-refractivity contribution in [1.29, 1.82) is 0 Å². The maximum Gasteiger partial charge on any atom is 0.123 e. The van der Waals surface area contributed by atoms with Crippen LogP contribution in [0.4, 0.5) is 4.39 Å². The zero-order valence-corrected chi connectivity index (χ0v) is 9.41. The van der Waals surface area contributed by atoms with Crippen molar-refractivity contribution in [3.05, 3.63) is 35.6 Å². The van der Waals surface area contributed by atoms with E-state index in [1.54, 1.807) is 6.07 Å². The smallest absolute Gasteiger partial charge is 0.123 e. The lowest BCUT2D eigenvalue weighted by atomic mass is 9.89. The van der Waals surface area contributed by atoms with Crippen molar-refractivity contribution >= 4 is 0 Å². The van der Waals surface area contributed by atoms with Gasteiger partial charge in [-0.3, -0.25) is 0 Å². The van der Waals surface area contributed by atoms with E-state index in [9.17, 15) is 9.50 Å². The Bertz CT molecular complexity index is 298. The molecule has 15 heavy (non-hydrogen) atoms. The van der Waals surface area contributed by atoms with E-state index < -0.39 is 0 Å². The number of rotatable bonds is 5. The van der Waals surface area contributed by atoms with Gasteiger partial charge in [0.05, 0.1) is 6.10 Å². The first-order chi connectivity index (χ1) is 7.19. The number of hydrogen-bond acceptors (Lipinski definition) is 1. The second-order valence-corrected chi connectivity index (χ2v) is 3.93. The number of aliphatic hydroxyl groups excluding tert-OH is 1. The molecule has 2 atom stereocenters. The van der Waals surface area contributed by atoms with Crippen molar-refractivity contribution in [3.63, 3.8) is 0 Å². The van der Waals surface area contributed by atoms with Gasteiger partial charge in [-0.25, -0.2) is 4.39 Å². The van der Waals surface area contributed by atoms with Gasteiger partial charge < -0.3 is 5.11 Å². The molecule has 0 aliphatic rings. The fourth-order valence-corrected chi connectivity index (χ4v) is 1.96. The van der Waals surface area contributed by atoms with Gasteiger partial charge in [0.25, 0.3) is 0 Å². The highest BCUT2D eigenvalue weighted by molar-refractivity contribution is 5.21. The number of hydrogen-bond donors (Lipinski definition) is 1. The van der Waals surface area contributed by atoms with Crippen molar-refractivity contribution in [3.8, 4) is 0 Å². The first-order valence-corrected chi connectivity index (χ1v) is 5.62. The average molecular weight is 210 g/mol. The van der Waals surface area contributed by atoms with Crippen molar-refractivity contribution in [2.75, 3.05) is 0 Å². The minimum absolute atomic E-state index is 0.0562. The lowest BCUT2D eigenvalue weighted by molar-refractivity contribution is 0.130. The Morgan fingerprint density at radius 1 is 1.33 bits per heavy atom. The van der Waals surface area contributed by atoms with E-state index >= 15 is 0 Å². The molecule has 0 bridgehead atoms. The molecule has 1 aromatic rings. The maximum atomic E-state index is 13.0. The summed E-state index contributed by atoms with van der Waals surface area (Å²) in [7, 11) is 0. The molecule has 0 aliphatic heterocycles. The van der Waals surface area contributed by atoms with E-state index in [1.165, 1.54) is 12.1 Å². The van der Waals surface area contributed by atoms with E-state index in [0.717, 1.165) is 24.8 Å². The van der Waals surface area contributed by atoms with Crippen LogP contribution in [-0.4, -0.2) is 11.2 Å². The Balaban J connectivity index is 2.82. The summed E-state index contributed by atoms with van der Waals surface area (Å²) in [4.78, 5) is 0. The molecule has 84 valence electrons. The Morgan fingerprint density at radius 3 is 2.60 bits per heavy atom. The van der Waals surface area contributed by atoms with Gasteiger partial charge in [0.15, 0.2) is 0 Å². The summed E-state index contributed by atoms with van der Waals surface area (Å²) in [6.07, 6.45) is 2.20. The van der Waals surface area contributed by atoms with E-state index in [0.29, 0.717) is 0 Å². The molecule has 0 aliphatic carbocycles. The van der Waals surface area contributed by atoms with Gasteiger partial charge in [-0.05, 0) is 30.5 Å². The molecule has 0 fully saturated rings. The topological polar surface area (TPSA) is 20.2 Å². The third kappa shape index (κ3) is 3.31. The monoisotopic (exact) mass is 210 g/mol. The quantitative estimate of drug-likeness (QED) is 0.788. The summed E-state index contributed by atoms with van der Waals surface area (Å²) >= 11 is 0. The highest BCUT2D eigenvalue weighted by Gasteiger charge is 2.18. The van der Waals surface area contributed by atoms with Crippen LogP contribution < -0.4 is 0 Å². The molecule has 1 nitrogen and oxygen atoms in total. The molecule has 0 heterocycles. The number of aliphatic hydroxyl groups is 1. The second kappa shape index (κ2) is 5.86. The molecule has 0 saturated carbocycles. The first kappa shape index (κ1) is 12.2. The fraction of sp³-hybridized carbons (Fsp3) is 0.538. The standard InChI is InChI=1S/C13H19FO/c1-3-6-13(15)12(4-2)10-7-5-8-11(14)9-10/h5,7-9,12-13,15H,3-4,6H2,1-2H3. The molecule has 0 amide bonds. The highest BCUT2D eigenvalue weighted by atomic mass is 19.1. The van der Waals surface area contributed by atoms with E-state index in [2.05, 4.69) is 0 Å². The van der Waals surface area contributed by atoms with Crippen LogP contribution in [0.5, 0.6) is 0 Å². The molecule has 1 rings (SSSR count). The summed E-state index contributed by atoms with van der Waals surface area (Å²) in [5, 5.41) is 9.93. The summed E-state index contributed by atoms with van der Waals surface area (Å²) in [5.74, 6) is -0.171. The fourth-order valence-electron chi connectivity index (χ4n) is 1.96. The zero-order chi connectivity index (χ0) is 11.3. The van der Waals surface area contributed by atoms with E-state index in [4.69, 9.17) is 0 Å². The van der Waals surface area contributed by atoms with Crippen molar-refractivity contribution in [2.45, 2.75) is 45.1 Å². The Hall–Kier alpha value is -0.890. The van der Waals surface area contributed by atoms with Crippen LogP contribution in [-0.2, 0) is 0 Å². The Kier molecular flexibility index (Phi) is 4.76. The SMILES string of the molecule is CCCC(O)C(CC)c1cccc(F)c1. The molecule has 0 spiro atoms. The molecular weight excluding hydrogens is 191 g/mol. The predicted molar refractivity (Wildman–Crippen MR) is 60.3 cm³/mol. The van der Waals surface area contributed by atoms with E-state index in [-0.39, 0.29) is 17.8 Å². The predicted octanol–water partition coefficient (Wildman–Crippen LogP) is 3.48. The van der Waals surface area contributed by atoms with Crippen molar-refractivity contribution < 1.29 is 9.50 Å². The minimum atomic E-state index is -0.359. The molecule has 2 unspecified atom stereocenters. The second-order valence-electron chi connectivity index (χ2n) is 3.93. The van der Waals surface area contributed by atoms with Crippen LogP contribution >= 0.6 is 0 Å². The molecular formula is C13H19FO. The first-order valence-electron chi connectivity index (χ1n) is 5.62. The minimum Gasteiger partial charge on any atom is -0.392 e. The lowest BCUT2D eigenvalue weighted by Gasteiger charge is -2.21. The zero-order valence-electron chi connectivity index (χ0n) is 9.41. The summed E-state index contributed by atoms with van der Waals surface area (Å²) in [6.45, 7) is 4.07.